The van der Waals surface area contributed by atoms with Crippen LogP contribution in [0.15, 0.2) is 34.2 Å². The van der Waals surface area contributed by atoms with Gasteiger partial charge in [0.2, 0.25) is 0 Å². The lowest BCUT2D eigenvalue weighted by Gasteiger charge is -2.24. The monoisotopic (exact) mass is 292 g/mol. The van der Waals surface area contributed by atoms with Gasteiger partial charge in [0.05, 0.1) is 4.90 Å². The number of benzene rings is 1. The highest BCUT2D eigenvalue weighted by Crippen LogP contribution is 2.29. The Hall–Kier alpha value is -1.36. The van der Waals surface area contributed by atoms with Gasteiger partial charge in [-0.15, -0.1) is 0 Å². The first-order chi connectivity index (χ1) is 9.56. The topological polar surface area (TPSA) is 58.5 Å². The van der Waals surface area contributed by atoms with Crippen LogP contribution in [0, 0.1) is 11.8 Å². The van der Waals surface area contributed by atoms with Crippen molar-refractivity contribution in [1.82, 2.24) is 4.72 Å². The summed E-state index contributed by atoms with van der Waals surface area (Å²) in [6, 6.07) is 7.03. The van der Waals surface area contributed by atoms with E-state index >= 15 is 0 Å². The smallest absolute Gasteiger partial charge is 0.263 e. The third-order valence-corrected chi connectivity index (χ3v) is 5.70. The van der Waals surface area contributed by atoms with E-state index in [0.29, 0.717) is 22.2 Å². The summed E-state index contributed by atoms with van der Waals surface area (Å²) in [5.74, 6) is 1.93. The predicted molar refractivity (Wildman–Crippen MR) is 79.3 cm³/mol. The number of fused-ring (bicyclic) bond motifs is 1. The molecule has 0 amide bonds. The van der Waals surface area contributed by atoms with Crippen LogP contribution in [0.2, 0.25) is 0 Å². The van der Waals surface area contributed by atoms with E-state index < -0.39 is 10.0 Å². The lowest BCUT2D eigenvalue weighted by atomic mass is 9.83. The second-order valence-electron chi connectivity index (χ2n) is 5.92. The van der Waals surface area contributed by atoms with Crippen molar-refractivity contribution in [3.63, 3.8) is 0 Å². The van der Waals surface area contributed by atoms with Crippen LogP contribution >= 0.6 is 0 Å². The van der Waals surface area contributed by atoms with Gasteiger partial charge in [-0.2, -0.15) is 0 Å². The van der Waals surface area contributed by atoms with Crippen LogP contribution in [0.4, 0.5) is 0 Å². The van der Waals surface area contributed by atoms with Crippen LogP contribution in [0.25, 0.3) is 0 Å². The third-order valence-electron chi connectivity index (χ3n) is 4.31. The lowest BCUT2D eigenvalue weighted by Crippen LogP contribution is -2.23. The van der Waals surface area contributed by atoms with E-state index in [1.54, 1.807) is 12.1 Å². The molecule has 20 heavy (non-hydrogen) atoms. The molecule has 0 saturated heterocycles. The van der Waals surface area contributed by atoms with Crippen LogP contribution in [0.1, 0.15) is 38.2 Å². The molecule has 0 radical (unpaired) electrons. The highest BCUT2D eigenvalue weighted by molar-refractivity contribution is 7.90. The maximum atomic E-state index is 12.0. The van der Waals surface area contributed by atoms with Crippen molar-refractivity contribution in [2.75, 3.05) is 6.54 Å². The highest BCUT2D eigenvalue weighted by atomic mass is 32.2. The molecular formula is C15H20N2O2S. The van der Waals surface area contributed by atoms with E-state index in [4.69, 9.17) is 0 Å². The van der Waals surface area contributed by atoms with Crippen molar-refractivity contribution >= 4 is 15.9 Å². The van der Waals surface area contributed by atoms with Gasteiger partial charge in [0.25, 0.3) is 10.0 Å². The third kappa shape index (κ3) is 2.59. The van der Waals surface area contributed by atoms with Crippen LogP contribution in [-0.4, -0.2) is 20.8 Å². The van der Waals surface area contributed by atoms with E-state index in [-0.39, 0.29) is 0 Å². The largest absolute Gasteiger partial charge is 0.267 e. The Morgan fingerprint density at radius 2 is 1.90 bits per heavy atom. The summed E-state index contributed by atoms with van der Waals surface area (Å²) in [4.78, 5) is 4.88. The second-order valence-corrected chi connectivity index (χ2v) is 7.57. The Morgan fingerprint density at radius 3 is 2.65 bits per heavy atom. The second kappa shape index (κ2) is 5.20. The molecule has 3 rings (SSSR count). The maximum absolute atomic E-state index is 12.0. The van der Waals surface area contributed by atoms with Crippen molar-refractivity contribution in [2.24, 2.45) is 16.8 Å². The van der Waals surface area contributed by atoms with Crippen LogP contribution in [0.5, 0.6) is 0 Å². The minimum Gasteiger partial charge on any atom is -0.267 e. The van der Waals surface area contributed by atoms with Gasteiger partial charge in [-0.25, -0.2) is 8.42 Å². The van der Waals surface area contributed by atoms with Gasteiger partial charge in [0.15, 0.2) is 0 Å². The van der Waals surface area contributed by atoms with Gasteiger partial charge in [-0.3, -0.25) is 9.71 Å². The van der Waals surface area contributed by atoms with Gasteiger partial charge in [-0.05, 0) is 36.8 Å². The average molecular weight is 292 g/mol. The van der Waals surface area contributed by atoms with E-state index in [9.17, 15) is 8.42 Å². The van der Waals surface area contributed by atoms with Crippen molar-refractivity contribution in [1.29, 1.82) is 0 Å². The molecule has 1 aromatic rings. The Morgan fingerprint density at radius 1 is 1.20 bits per heavy atom. The first kappa shape index (κ1) is 13.6. The molecule has 108 valence electrons. The quantitative estimate of drug-likeness (QED) is 0.910. The van der Waals surface area contributed by atoms with Crippen LogP contribution < -0.4 is 4.72 Å². The number of nitrogens with zero attached hydrogens (tertiary/aromatic N) is 1. The normalized spacial score (nSPS) is 29.9. The number of rotatable bonds is 2. The SMILES string of the molecule is CC1CCC(CN=C2NS(=O)(=O)c3ccccc32)CC1. The van der Waals surface area contributed by atoms with Crippen molar-refractivity contribution in [3.8, 4) is 0 Å². The number of hydrogen-bond acceptors (Lipinski definition) is 3. The summed E-state index contributed by atoms with van der Waals surface area (Å²) in [6.07, 6.45) is 4.92. The van der Waals surface area contributed by atoms with Gasteiger partial charge < -0.3 is 0 Å². The molecule has 1 N–H and O–H groups in total. The first-order valence-corrected chi connectivity index (χ1v) is 8.71. The molecule has 1 aromatic carbocycles. The van der Waals surface area contributed by atoms with Crippen molar-refractivity contribution in [2.45, 2.75) is 37.5 Å². The fraction of sp³-hybridized carbons (Fsp3) is 0.533. The van der Waals surface area contributed by atoms with E-state index in [0.717, 1.165) is 12.5 Å². The molecular weight excluding hydrogens is 272 g/mol. The summed E-state index contributed by atoms with van der Waals surface area (Å²) < 4.78 is 26.5. The molecule has 0 bridgehead atoms. The van der Waals surface area contributed by atoms with Gasteiger partial charge >= 0.3 is 0 Å². The minimum absolute atomic E-state index is 0.344. The zero-order chi connectivity index (χ0) is 14.2. The fourth-order valence-corrected chi connectivity index (χ4v) is 4.23. The molecule has 0 atom stereocenters. The number of sulfonamides is 1. The molecule has 1 heterocycles. The van der Waals surface area contributed by atoms with Gasteiger partial charge in [0, 0.05) is 12.1 Å². The summed E-state index contributed by atoms with van der Waals surface area (Å²) in [6.45, 7) is 3.02. The highest BCUT2D eigenvalue weighted by Gasteiger charge is 2.30. The Labute approximate surface area is 120 Å². The van der Waals surface area contributed by atoms with Crippen molar-refractivity contribution < 1.29 is 8.42 Å². The number of hydrogen-bond donors (Lipinski definition) is 1. The standard InChI is InChI=1S/C15H20N2O2S/c1-11-6-8-12(9-7-11)10-16-15-13-4-2-3-5-14(13)20(18,19)17-15/h2-5,11-12H,6-10H2,1H3,(H,16,17). The van der Waals surface area contributed by atoms with Gasteiger partial charge in [-0.1, -0.05) is 31.9 Å². The Bertz CT molecular complexity index is 629. The summed E-state index contributed by atoms with van der Waals surface area (Å²) in [5, 5.41) is 0. The molecule has 0 unspecified atom stereocenters. The molecule has 0 spiro atoms. The van der Waals surface area contributed by atoms with Crippen molar-refractivity contribution in [3.05, 3.63) is 29.8 Å². The molecule has 1 aliphatic heterocycles. The first-order valence-electron chi connectivity index (χ1n) is 7.23. The number of amidine groups is 1. The fourth-order valence-electron chi connectivity index (χ4n) is 2.98. The van der Waals surface area contributed by atoms with E-state index in [1.165, 1.54) is 25.7 Å². The number of aliphatic imine (C=N–C) groups is 1. The number of nitrogens with one attached hydrogen (secondary N) is 1. The van der Waals surface area contributed by atoms with Crippen LogP contribution in [0.3, 0.4) is 0 Å². The summed E-state index contributed by atoms with van der Waals surface area (Å²) in [5.41, 5.74) is 0.705. The predicted octanol–water partition coefficient (Wildman–Crippen LogP) is 2.55. The zero-order valence-corrected chi connectivity index (χ0v) is 12.5. The molecule has 5 heteroatoms. The molecule has 0 aromatic heterocycles. The Kier molecular flexibility index (Phi) is 3.54. The lowest BCUT2D eigenvalue weighted by molar-refractivity contribution is 0.296. The van der Waals surface area contributed by atoms with E-state index in [2.05, 4.69) is 16.6 Å². The average Bonchev–Trinajstić information content (AvgIpc) is 2.70. The molecule has 2 aliphatic rings. The summed E-state index contributed by atoms with van der Waals surface area (Å²) >= 11 is 0. The molecule has 4 nitrogen and oxygen atoms in total. The summed E-state index contributed by atoms with van der Waals surface area (Å²) in [7, 11) is -3.40. The maximum Gasteiger partial charge on any atom is 0.263 e. The molecule has 1 aliphatic carbocycles. The minimum atomic E-state index is -3.40. The zero-order valence-electron chi connectivity index (χ0n) is 11.7. The molecule has 1 saturated carbocycles. The van der Waals surface area contributed by atoms with Crippen LogP contribution in [-0.2, 0) is 10.0 Å². The van der Waals surface area contributed by atoms with E-state index in [1.807, 2.05) is 12.1 Å². The Balaban J connectivity index is 1.77. The van der Waals surface area contributed by atoms with Gasteiger partial charge in [0.1, 0.15) is 5.84 Å². The molecule has 1 fully saturated rings.